The molecule has 1 saturated carbocycles. The topological polar surface area (TPSA) is 85.7 Å². The Morgan fingerprint density at radius 1 is 1.06 bits per heavy atom. The minimum Gasteiger partial charge on any atom is -0.488 e. The second kappa shape index (κ2) is 9.56. The number of hydrogen-bond donors (Lipinski definition) is 1. The van der Waals surface area contributed by atoms with Crippen molar-refractivity contribution in [2.45, 2.75) is 37.9 Å². The molecule has 0 spiro atoms. The van der Waals surface area contributed by atoms with Crippen molar-refractivity contribution in [3.63, 3.8) is 0 Å². The van der Waals surface area contributed by atoms with E-state index in [-0.39, 0.29) is 29.1 Å². The molecular weight excluding hydrogens is 450 g/mol. The first-order valence-corrected chi connectivity index (χ1v) is 12.9. The number of rotatable bonds is 6. The lowest BCUT2D eigenvalue weighted by molar-refractivity contribution is 0.0329. The van der Waals surface area contributed by atoms with Gasteiger partial charge in [0.1, 0.15) is 29.5 Å². The van der Waals surface area contributed by atoms with E-state index in [2.05, 4.69) is 19.6 Å². The zero-order chi connectivity index (χ0) is 23.6. The third-order valence-corrected chi connectivity index (χ3v) is 6.10. The average Bonchev–Trinajstić information content (AvgIpc) is 2.75. The van der Waals surface area contributed by atoms with Gasteiger partial charge in [0.2, 0.25) is 0 Å². The number of fused-ring (bicyclic) bond motifs is 1. The molecule has 0 radical (unpaired) electrons. The quantitative estimate of drug-likeness (QED) is 0.516. The lowest BCUT2D eigenvalue weighted by Gasteiger charge is -2.28. The second-order valence-corrected chi connectivity index (χ2v) is 10.9. The van der Waals surface area contributed by atoms with Crippen molar-refractivity contribution in [1.82, 2.24) is 9.97 Å². The summed E-state index contributed by atoms with van der Waals surface area (Å²) in [7, 11) is -0.761. The smallest absolute Gasteiger partial charge is 0.146 e. The van der Waals surface area contributed by atoms with Gasteiger partial charge in [-0.2, -0.15) is 4.36 Å². The lowest BCUT2D eigenvalue weighted by atomic mass is 9.95. The first-order chi connectivity index (χ1) is 15.7. The van der Waals surface area contributed by atoms with Gasteiger partial charge < -0.3 is 14.8 Å². The van der Waals surface area contributed by atoms with Crippen LogP contribution in [-0.2, 0) is 14.5 Å². The molecule has 1 fully saturated rings. The van der Waals surface area contributed by atoms with E-state index in [4.69, 9.17) is 9.47 Å². The van der Waals surface area contributed by atoms with Crippen molar-refractivity contribution in [3.05, 3.63) is 48.3 Å². The Kier molecular flexibility index (Phi) is 6.76. The number of hydrogen-bond acceptors (Lipinski definition) is 7. The van der Waals surface area contributed by atoms with Crippen LogP contribution in [0, 0.1) is 11.6 Å². The molecule has 0 saturated heterocycles. The lowest BCUT2D eigenvalue weighted by Crippen LogP contribution is -2.27. The van der Waals surface area contributed by atoms with Gasteiger partial charge in [-0.25, -0.2) is 23.0 Å². The maximum atomic E-state index is 15.0. The van der Waals surface area contributed by atoms with Crippen LogP contribution in [0.2, 0.25) is 0 Å². The Labute approximate surface area is 191 Å². The van der Waals surface area contributed by atoms with E-state index in [1.54, 1.807) is 13.2 Å². The number of halogens is 2. The van der Waals surface area contributed by atoms with Gasteiger partial charge >= 0.3 is 0 Å². The van der Waals surface area contributed by atoms with Gasteiger partial charge in [0, 0.05) is 41.5 Å². The molecule has 0 unspecified atom stereocenters. The number of aromatic nitrogens is 2. The van der Waals surface area contributed by atoms with Gasteiger partial charge in [0.15, 0.2) is 0 Å². The summed E-state index contributed by atoms with van der Waals surface area (Å²) < 4.78 is 56.6. The Morgan fingerprint density at radius 3 is 2.48 bits per heavy atom. The highest BCUT2D eigenvalue weighted by atomic mass is 32.2. The third kappa shape index (κ3) is 5.75. The van der Waals surface area contributed by atoms with E-state index in [1.807, 2.05) is 0 Å². The summed E-state index contributed by atoms with van der Waals surface area (Å²) in [5.41, 5.74) is 0.998. The van der Waals surface area contributed by atoms with Crippen molar-refractivity contribution in [2.75, 3.05) is 24.9 Å². The fraction of sp³-hybridized carbons (Fsp3) is 0.391. The summed E-state index contributed by atoms with van der Waals surface area (Å²) in [6.07, 6.45) is 7.72. The Bertz CT molecular complexity index is 1280. The van der Waals surface area contributed by atoms with Crippen LogP contribution in [0.3, 0.4) is 0 Å². The summed E-state index contributed by atoms with van der Waals surface area (Å²) in [5.74, 6) is -0.516. The van der Waals surface area contributed by atoms with Crippen molar-refractivity contribution in [2.24, 2.45) is 4.36 Å². The van der Waals surface area contributed by atoms with E-state index in [1.165, 1.54) is 43.1 Å². The normalized spacial score (nSPS) is 18.8. The minimum atomic E-state index is -2.46. The number of anilines is 2. The van der Waals surface area contributed by atoms with Gasteiger partial charge in [-0.1, -0.05) is 0 Å². The van der Waals surface area contributed by atoms with Crippen LogP contribution in [0.15, 0.2) is 41.0 Å². The predicted molar refractivity (Wildman–Crippen MR) is 125 cm³/mol. The van der Waals surface area contributed by atoms with Crippen LogP contribution in [0.4, 0.5) is 26.0 Å². The SMILES string of the molecule is CO[C@H]1CC[C@H](Oc2cc(F)ccc2Nc2ncnc3cc(N=S(C)(C)=O)cc(F)c23)CC1. The first kappa shape index (κ1) is 23.3. The molecule has 7 nitrogen and oxygen atoms in total. The van der Waals surface area contributed by atoms with E-state index in [9.17, 15) is 8.60 Å². The predicted octanol–water partition coefficient (Wildman–Crippen LogP) is 5.35. The molecule has 0 bridgehead atoms. The van der Waals surface area contributed by atoms with Crippen LogP contribution in [0.1, 0.15) is 25.7 Å². The largest absolute Gasteiger partial charge is 0.488 e. The third-order valence-electron chi connectivity index (χ3n) is 5.44. The maximum absolute atomic E-state index is 15.0. The van der Waals surface area contributed by atoms with E-state index in [0.717, 1.165) is 25.7 Å². The average molecular weight is 477 g/mol. The van der Waals surface area contributed by atoms with Crippen molar-refractivity contribution in [3.8, 4) is 5.75 Å². The molecule has 1 N–H and O–H groups in total. The van der Waals surface area contributed by atoms with Gasteiger partial charge in [-0.3, -0.25) is 0 Å². The molecule has 0 aliphatic heterocycles. The molecule has 2 aromatic carbocycles. The highest BCUT2D eigenvalue weighted by Gasteiger charge is 2.23. The molecule has 3 aromatic rings. The van der Waals surface area contributed by atoms with Gasteiger partial charge in [0.25, 0.3) is 0 Å². The number of methoxy groups -OCH3 is 1. The zero-order valence-corrected chi connectivity index (χ0v) is 19.5. The molecule has 1 aromatic heterocycles. The van der Waals surface area contributed by atoms with E-state index in [0.29, 0.717) is 17.0 Å². The van der Waals surface area contributed by atoms with Crippen LogP contribution in [-0.4, -0.2) is 46.0 Å². The second-order valence-electron chi connectivity index (χ2n) is 8.33. The fourth-order valence-corrected chi connectivity index (χ4v) is 4.53. The zero-order valence-electron chi connectivity index (χ0n) is 18.7. The van der Waals surface area contributed by atoms with Crippen LogP contribution in [0.5, 0.6) is 5.75 Å². The minimum absolute atomic E-state index is 0.0697. The van der Waals surface area contributed by atoms with Crippen molar-refractivity contribution >= 4 is 37.8 Å². The summed E-state index contributed by atoms with van der Waals surface area (Å²) in [4.78, 5) is 8.32. The molecule has 33 heavy (non-hydrogen) atoms. The summed E-state index contributed by atoms with van der Waals surface area (Å²) in [6.45, 7) is 0. The number of benzene rings is 2. The fourth-order valence-electron chi connectivity index (χ4n) is 3.92. The molecule has 176 valence electrons. The Morgan fingerprint density at radius 2 is 1.79 bits per heavy atom. The summed E-state index contributed by atoms with van der Waals surface area (Å²) in [6, 6.07) is 6.88. The molecule has 4 rings (SSSR count). The first-order valence-electron chi connectivity index (χ1n) is 10.6. The number of ether oxygens (including phenoxy) is 2. The summed E-state index contributed by atoms with van der Waals surface area (Å²) in [5, 5.41) is 3.21. The molecule has 0 atom stereocenters. The Balaban J connectivity index is 1.65. The van der Waals surface area contributed by atoms with Crippen LogP contribution < -0.4 is 10.1 Å². The maximum Gasteiger partial charge on any atom is 0.146 e. The Hall–Kier alpha value is -2.85. The molecule has 1 heterocycles. The van der Waals surface area contributed by atoms with E-state index < -0.39 is 21.4 Å². The van der Waals surface area contributed by atoms with Crippen molar-refractivity contribution in [1.29, 1.82) is 0 Å². The molecule has 10 heteroatoms. The highest BCUT2D eigenvalue weighted by molar-refractivity contribution is 7.92. The van der Waals surface area contributed by atoms with E-state index >= 15 is 4.39 Å². The number of nitrogens with one attached hydrogen (secondary N) is 1. The van der Waals surface area contributed by atoms with Gasteiger partial charge in [-0.15, -0.1) is 0 Å². The molecular formula is C23H26F2N4O3S. The van der Waals surface area contributed by atoms with Crippen LogP contribution >= 0.6 is 0 Å². The van der Waals surface area contributed by atoms with Crippen LogP contribution in [0.25, 0.3) is 10.9 Å². The van der Waals surface area contributed by atoms with Gasteiger partial charge in [0.05, 0.1) is 34.5 Å². The summed E-state index contributed by atoms with van der Waals surface area (Å²) >= 11 is 0. The molecule has 1 aliphatic rings. The standard InChI is InChI=1S/C23H26F2N4O3S/c1-31-16-5-7-17(8-6-16)32-21-10-14(24)4-9-19(21)28-23-22-18(25)11-15(29-33(2,3)30)12-20(22)26-13-27-23/h4,9-13,16-17H,5-8H2,1-3H3,(H,26,27,28)/t16-,17-. The number of nitrogens with zero attached hydrogens (tertiary/aromatic N) is 3. The van der Waals surface area contributed by atoms with Crippen molar-refractivity contribution < 1.29 is 22.5 Å². The van der Waals surface area contributed by atoms with Gasteiger partial charge in [-0.05, 0) is 43.9 Å². The molecule has 1 aliphatic carbocycles. The monoisotopic (exact) mass is 476 g/mol. The molecule has 0 amide bonds. The highest BCUT2D eigenvalue weighted by Crippen LogP contribution is 2.35.